The van der Waals surface area contributed by atoms with E-state index < -0.39 is 0 Å². The molecule has 0 saturated heterocycles. The number of hydrogen-bond donors (Lipinski definition) is 1. The third kappa shape index (κ3) is 2.96. The molecule has 2 rings (SSSR count). The van der Waals surface area contributed by atoms with Crippen molar-refractivity contribution in [3.63, 3.8) is 0 Å². The summed E-state index contributed by atoms with van der Waals surface area (Å²) in [5.41, 5.74) is 5.53. The molecule has 0 bridgehead atoms. The molecule has 0 radical (unpaired) electrons. The first-order valence-electron chi connectivity index (χ1n) is 6.45. The molecule has 0 aliphatic rings. The van der Waals surface area contributed by atoms with Crippen molar-refractivity contribution in [3.8, 4) is 5.75 Å². The number of nitrogens with zero attached hydrogens (tertiary/aromatic N) is 1. The van der Waals surface area contributed by atoms with Crippen molar-refractivity contribution in [1.82, 2.24) is 10.3 Å². The molecule has 0 fully saturated rings. The molecule has 3 nitrogen and oxygen atoms in total. The van der Waals surface area contributed by atoms with E-state index in [0.29, 0.717) is 0 Å². The summed E-state index contributed by atoms with van der Waals surface area (Å²) >= 11 is 1.71. The number of ether oxygens (including phenoxy) is 1. The largest absolute Gasteiger partial charge is 0.497 e. The molecule has 0 aliphatic carbocycles. The van der Waals surface area contributed by atoms with Crippen LogP contribution in [0.3, 0.4) is 0 Å². The molecule has 102 valence electrons. The lowest BCUT2D eigenvalue weighted by atomic mass is 9.99. The molecule has 0 amide bonds. The zero-order valence-electron chi connectivity index (χ0n) is 11.9. The molecule has 0 spiro atoms. The van der Waals surface area contributed by atoms with Crippen LogP contribution >= 0.6 is 11.3 Å². The van der Waals surface area contributed by atoms with Gasteiger partial charge in [-0.3, -0.25) is 0 Å². The zero-order valence-corrected chi connectivity index (χ0v) is 12.7. The van der Waals surface area contributed by atoms with Gasteiger partial charge in [-0.25, -0.2) is 4.98 Å². The fraction of sp³-hybridized carbons (Fsp3) is 0.400. The number of hydrogen-bond acceptors (Lipinski definition) is 4. The number of benzene rings is 1. The maximum atomic E-state index is 5.27. The van der Waals surface area contributed by atoms with E-state index in [1.54, 1.807) is 18.4 Å². The van der Waals surface area contributed by atoms with Crippen molar-refractivity contribution in [2.24, 2.45) is 0 Å². The summed E-state index contributed by atoms with van der Waals surface area (Å²) < 4.78 is 5.27. The number of aromatic nitrogens is 1. The highest BCUT2D eigenvalue weighted by atomic mass is 32.1. The van der Waals surface area contributed by atoms with Gasteiger partial charge >= 0.3 is 0 Å². The number of thiazole rings is 1. The average Bonchev–Trinajstić information content (AvgIpc) is 2.82. The third-order valence-corrected chi connectivity index (χ3v) is 4.24. The van der Waals surface area contributed by atoms with Crippen molar-refractivity contribution in [2.75, 3.05) is 13.7 Å². The van der Waals surface area contributed by atoms with Crippen LogP contribution in [0.4, 0.5) is 0 Å². The second-order valence-corrected chi connectivity index (χ2v) is 5.40. The summed E-state index contributed by atoms with van der Waals surface area (Å²) in [6.45, 7) is 7.24. The van der Waals surface area contributed by atoms with Gasteiger partial charge < -0.3 is 10.1 Å². The van der Waals surface area contributed by atoms with Crippen LogP contribution in [0.5, 0.6) is 5.75 Å². The highest BCUT2D eigenvalue weighted by Gasteiger charge is 2.19. The topological polar surface area (TPSA) is 34.1 Å². The second kappa shape index (κ2) is 6.17. The van der Waals surface area contributed by atoms with Crippen LogP contribution in [-0.4, -0.2) is 18.6 Å². The first kappa shape index (κ1) is 14.0. The summed E-state index contributed by atoms with van der Waals surface area (Å²) in [4.78, 5) is 5.65. The Labute approximate surface area is 118 Å². The van der Waals surface area contributed by atoms with Crippen LogP contribution in [0, 0.1) is 13.8 Å². The van der Waals surface area contributed by atoms with E-state index in [1.807, 2.05) is 11.6 Å². The minimum atomic E-state index is 0.211. The van der Waals surface area contributed by atoms with Gasteiger partial charge in [0.15, 0.2) is 0 Å². The standard InChI is InChI=1S/C15H20N2OS/c1-5-16-14(15-11(3)17-9-19-15)13-7-6-12(18-4)8-10(13)2/h6-9,14,16H,5H2,1-4H3. The average molecular weight is 276 g/mol. The Bertz CT molecular complexity index is 551. The van der Waals surface area contributed by atoms with E-state index in [-0.39, 0.29) is 6.04 Å². The normalized spacial score (nSPS) is 12.4. The van der Waals surface area contributed by atoms with Crippen LogP contribution in [0.1, 0.15) is 34.7 Å². The Morgan fingerprint density at radius 3 is 2.68 bits per heavy atom. The predicted molar refractivity (Wildman–Crippen MR) is 80.1 cm³/mol. The molecule has 19 heavy (non-hydrogen) atoms. The minimum Gasteiger partial charge on any atom is -0.497 e. The van der Waals surface area contributed by atoms with Gasteiger partial charge in [0, 0.05) is 4.88 Å². The smallest absolute Gasteiger partial charge is 0.119 e. The Balaban J connectivity index is 2.42. The van der Waals surface area contributed by atoms with E-state index in [0.717, 1.165) is 18.0 Å². The lowest BCUT2D eigenvalue weighted by Crippen LogP contribution is -2.22. The van der Waals surface area contributed by atoms with Crippen LogP contribution in [-0.2, 0) is 0 Å². The van der Waals surface area contributed by atoms with Gasteiger partial charge in [0.1, 0.15) is 5.75 Å². The van der Waals surface area contributed by atoms with Gasteiger partial charge in [-0.15, -0.1) is 11.3 Å². The summed E-state index contributed by atoms with van der Waals surface area (Å²) in [5.74, 6) is 0.900. The second-order valence-electron chi connectivity index (χ2n) is 4.52. The van der Waals surface area contributed by atoms with E-state index in [1.165, 1.54) is 16.0 Å². The molecule has 1 aromatic carbocycles. The SMILES string of the molecule is CCNC(c1ccc(OC)cc1C)c1scnc1C. The van der Waals surface area contributed by atoms with Gasteiger partial charge in [0.25, 0.3) is 0 Å². The van der Waals surface area contributed by atoms with E-state index >= 15 is 0 Å². The van der Waals surface area contributed by atoms with Gasteiger partial charge in [0.05, 0.1) is 24.4 Å². The highest BCUT2D eigenvalue weighted by molar-refractivity contribution is 7.09. The molecular weight excluding hydrogens is 256 g/mol. The van der Waals surface area contributed by atoms with Crippen molar-refractivity contribution < 1.29 is 4.74 Å². The Morgan fingerprint density at radius 2 is 2.16 bits per heavy atom. The molecule has 1 N–H and O–H groups in total. The van der Waals surface area contributed by atoms with E-state index in [4.69, 9.17) is 4.74 Å². The predicted octanol–water partition coefficient (Wildman–Crippen LogP) is 3.47. The Hall–Kier alpha value is -1.39. The van der Waals surface area contributed by atoms with Gasteiger partial charge in [-0.1, -0.05) is 13.0 Å². The lowest BCUT2D eigenvalue weighted by Gasteiger charge is -2.20. The van der Waals surface area contributed by atoms with E-state index in [2.05, 4.69) is 43.2 Å². The fourth-order valence-electron chi connectivity index (χ4n) is 2.24. The maximum absolute atomic E-state index is 5.27. The van der Waals surface area contributed by atoms with Crippen LogP contribution in [0.15, 0.2) is 23.7 Å². The molecule has 1 atom stereocenters. The Morgan fingerprint density at radius 1 is 1.37 bits per heavy atom. The molecule has 1 unspecified atom stereocenters. The number of methoxy groups -OCH3 is 1. The molecule has 4 heteroatoms. The number of rotatable bonds is 5. The first-order chi connectivity index (χ1) is 9.17. The highest BCUT2D eigenvalue weighted by Crippen LogP contribution is 2.31. The van der Waals surface area contributed by atoms with Crippen LogP contribution in [0.25, 0.3) is 0 Å². The first-order valence-corrected chi connectivity index (χ1v) is 7.33. The minimum absolute atomic E-state index is 0.211. The fourth-order valence-corrected chi connectivity index (χ4v) is 3.13. The quantitative estimate of drug-likeness (QED) is 0.908. The molecule has 0 aliphatic heterocycles. The van der Waals surface area contributed by atoms with Gasteiger partial charge in [0.2, 0.25) is 0 Å². The van der Waals surface area contributed by atoms with Crippen molar-refractivity contribution in [1.29, 1.82) is 0 Å². The van der Waals surface area contributed by atoms with Crippen LogP contribution in [0.2, 0.25) is 0 Å². The molecule has 2 aromatic rings. The molecule has 1 aromatic heterocycles. The summed E-state index contributed by atoms with van der Waals surface area (Å²) in [5, 5.41) is 3.55. The van der Waals surface area contributed by atoms with E-state index in [9.17, 15) is 0 Å². The Kier molecular flexibility index (Phi) is 4.56. The van der Waals surface area contributed by atoms with Crippen molar-refractivity contribution >= 4 is 11.3 Å². The third-order valence-electron chi connectivity index (χ3n) is 3.24. The summed E-state index contributed by atoms with van der Waals surface area (Å²) in [6.07, 6.45) is 0. The summed E-state index contributed by atoms with van der Waals surface area (Å²) in [6, 6.07) is 6.45. The van der Waals surface area contributed by atoms with Crippen molar-refractivity contribution in [2.45, 2.75) is 26.8 Å². The van der Waals surface area contributed by atoms with Crippen LogP contribution < -0.4 is 10.1 Å². The lowest BCUT2D eigenvalue weighted by molar-refractivity contribution is 0.414. The zero-order chi connectivity index (χ0) is 13.8. The van der Waals surface area contributed by atoms with Gasteiger partial charge in [-0.2, -0.15) is 0 Å². The molecular formula is C15H20N2OS. The maximum Gasteiger partial charge on any atom is 0.119 e. The molecule has 0 saturated carbocycles. The number of nitrogens with one attached hydrogen (secondary N) is 1. The van der Waals surface area contributed by atoms with Crippen molar-refractivity contribution in [3.05, 3.63) is 45.4 Å². The molecule has 1 heterocycles. The van der Waals surface area contributed by atoms with Gasteiger partial charge in [-0.05, 0) is 43.7 Å². The monoisotopic (exact) mass is 276 g/mol. The number of aryl methyl sites for hydroxylation is 2. The summed E-state index contributed by atoms with van der Waals surface area (Å²) in [7, 11) is 1.70.